The van der Waals surface area contributed by atoms with Crippen LogP contribution in [0.2, 0.25) is 0 Å². The molecule has 0 bridgehead atoms. The van der Waals surface area contributed by atoms with Crippen LogP contribution < -0.4 is 0 Å². The van der Waals surface area contributed by atoms with Crippen molar-refractivity contribution in [3.05, 3.63) is 34.9 Å². The Kier molecular flexibility index (Phi) is 6.25. The summed E-state index contributed by atoms with van der Waals surface area (Å²) in [7, 11) is 0. The average molecular weight is 304 g/mol. The Morgan fingerprint density at radius 3 is 2.55 bits per heavy atom. The summed E-state index contributed by atoms with van der Waals surface area (Å²) in [6, 6.07) is 1.35. The molecular weight excluding hydrogens is 290 g/mol. The first-order valence-corrected chi connectivity index (χ1v) is 6.79. The molecule has 1 rings (SSSR count). The standard InChI is InChI=1S/C13H14F2O4S/c1-7(17)20-3-2-12(18)13(19)9-5-10(14)8(6-16)4-11(9)15/h4-6,12-13,18-19H,2-3H2,1H3. The van der Waals surface area contributed by atoms with Crippen molar-refractivity contribution in [3.63, 3.8) is 0 Å². The molecule has 0 aliphatic rings. The number of aliphatic hydroxyl groups is 2. The lowest BCUT2D eigenvalue weighted by atomic mass is 10.0. The molecule has 0 fully saturated rings. The third kappa shape index (κ3) is 4.36. The predicted molar refractivity (Wildman–Crippen MR) is 70.5 cm³/mol. The van der Waals surface area contributed by atoms with Crippen LogP contribution in [-0.2, 0) is 4.79 Å². The van der Waals surface area contributed by atoms with Crippen molar-refractivity contribution in [1.82, 2.24) is 0 Å². The maximum Gasteiger partial charge on any atom is 0.185 e. The van der Waals surface area contributed by atoms with Crippen molar-refractivity contribution in [2.24, 2.45) is 0 Å². The van der Waals surface area contributed by atoms with Crippen LogP contribution in [0.5, 0.6) is 0 Å². The molecule has 1 aromatic rings. The minimum Gasteiger partial charge on any atom is -0.390 e. The largest absolute Gasteiger partial charge is 0.390 e. The van der Waals surface area contributed by atoms with Crippen molar-refractivity contribution in [1.29, 1.82) is 0 Å². The van der Waals surface area contributed by atoms with Crippen LogP contribution in [0.4, 0.5) is 8.78 Å². The first-order chi connectivity index (χ1) is 9.36. The molecule has 2 atom stereocenters. The smallest absolute Gasteiger partial charge is 0.185 e. The lowest BCUT2D eigenvalue weighted by Crippen LogP contribution is -2.20. The zero-order chi connectivity index (χ0) is 15.3. The summed E-state index contributed by atoms with van der Waals surface area (Å²) in [5, 5.41) is 19.3. The second kappa shape index (κ2) is 7.47. The number of carbonyl (C=O) groups is 2. The van der Waals surface area contributed by atoms with E-state index in [0.29, 0.717) is 12.1 Å². The summed E-state index contributed by atoms with van der Waals surface area (Å²) in [4.78, 5) is 21.2. The zero-order valence-corrected chi connectivity index (χ0v) is 11.5. The van der Waals surface area contributed by atoms with E-state index in [1.807, 2.05) is 0 Å². The zero-order valence-electron chi connectivity index (χ0n) is 10.7. The molecule has 0 aromatic heterocycles. The van der Waals surface area contributed by atoms with Crippen molar-refractivity contribution >= 4 is 23.2 Å². The van der Waals surface area contributed by atoms with Gasteiger partial charge in [-0.25, -0.2) is 8.78 Å². The molecule has 2 N–H and O–H groups in total. The maximum atomic E-state index is 13.6. The second-order valence-electron chi connectivity index (χ2n) is 4.15. The van der Waals surface area contributed by atoms with Crippen LogP contribution >= 0.6 is 11.8 Å². The molecule has 0 spiro atoms. The van der Waals surface area contributed by atoms with Crippen LogP contribution in [0, 0.1) is 11.6 Å². The Balaban J connectivity index is 2.80. The third-order valence-corrected chi connectivity index (χ3v) is 3.49. The van der Waals surface area contributed by atoms with E-state index in [1.165, 1.54) is 6.92 Å². The number of carbonyl (C=O) groups excluding carboxylic acids is 2. The average Bonchev–Trinajstić information content (AvgIpc) is 2.39. The van der Waals surface area contributed by atoms with Gasteiger partial charge in [-0.1, -0.05) is 11.8 Å². The Morgan fingerprint density at radius 2 is 2.00 bits per heavy atom. The van der Waals surface area contributed by atoms with E-state index in [4.69, 9.17) is 0 Å². The number of rotatable bonds is 6. The molecule has 4 nitrogen and oxygen atoms in total. The maximum absolute atomic E-state index is 13.6. The minimum absolute atomic E-state index is 0.0436. The summed E-state index contributed by atoms with van der Waals surface area (Å²) >= 11 is 0.961. The SMILES string of the molecule is CC(=O)SCCC(O)C(O)c1cc(F)c(C=O)cc1F. The van der Waals surface area contributed by atoms with E-state index >= 15 is 0 Å². The highest BCUT2D eigenvalue weighted by atomic mass is 32.2. The molecule has 7 heteroatoms. The highest BCUT2D eigenvalue weighted by Crippen LogP contribution is 2.25. The van der Waals surface area contributed by atoms with Gasteiger partial charge in [-0.2, -0.15) is 0 Å². The minimum atomic E-state index is -1.63. The Bertz CT molecular complexity index is 507. The van der Waals surface area contributed by atoms with E-state index < -0.39 is 35.0 Å². The van der Waals surface area contributed by atoms with E-state index in [9.17, 15) is 28.6 Å². The highest BCUT2D eigenvalue weighted by Gasteiger charge is 2.23. The number of aldehydes is 1. The van der Waals surface area contributed by atoms with E-state index in [2.05, 4.69) is 0 Å². The fourth-order valence-corrected chi connectivity index (χ4v) is 2.23. The molecule has 0 saturated carbocycles. The molecule has 2 unspecified atom stereocenters. The van der Waals surface area contributed by atoms with E-state index in [-0.39, 0.29) is 23.6 Å². The normalized spacial score (nSPS) is 13.8. The van der Waals surface area contributed by atoms with Gasteiger partial charge in [0.15, 0.2) is 11.4 Å². The van der Waals surface area contributed by atoms with E-state index in [0.717, 1.165) is 11.8 Å². The van der Waals surface area contributed by atoms with Gasteiger partial charge in [0, 0.05) is 18.2 Å². The van der Waals surface area contributed by atoms with E-state index in [1.54, 1.807) is 0 Å². The Labute approximate surface area is 118 Å². The van der Waals surface area contributed by atoms with Gasteiger partial charge in [-0.05, 0) is 18.6 Å². The van der Waals surface area contributed by atoms with Crippen molar-refractivity contribution < 1.29 is 28.6 Å². The van der Waals surface area contributed by atoms with Crippen molar-refractivity contribution in [3.8, 4) is 0 Å². The van der Waals surface area contributed by atoms with Gasteiger partial charge in [-0.15, -0.1) is 0 Å². The first kappa shape index (κ1) is 16.7. The van der Waals surface area contributed by atoms with Crippen LogP contribution in [0.15, 0.2) is 12.1 Å². The monoisotopic (exact) mass is 304 g/mol. The van der Waals surface area contributed by atoms with Crippen molar-refractivity contribution in [2.75, 3.05) is 5.75 Å². The number of halogens is 2. The van der Waals surface area contributed by atoms with Gasteiger partial charge in [0.25, 0.3) is 0 Å². The highest BCUT2D eigenvalue weighted by molar-refractivity contribution is 8.13. The first-order valence-electron chi connectivity index (χ1n) is 5.80. The van der Waals surface area contributed by atoms with Gasteiger partial charge in [-0.3, -0.25) is 9.59 Å². The summed E-state index contributed by atoms with van der Waals surface area (Å²) in [5.41, 5.74) is -0.881. The number of benzene rings is 1. The molecule has 0 radical (unpaired) electrons. The quantitative estimate of drug-likeness (QED) is 0.784. The predicted octanol–water partition coefficient (Wildman–Crippen LogP) is 1.84. The number of hydrogen-bond donors (Lipinski definition) is 2. The topological polar surface area (TPSA) is 74.6 Å². The molecule has 0 aliphatic heterocycles. The lowest BCUT2D eigenvalue weighted by Gasteiger charge is -2.18. The number of hydrogen-bond acceptors (Lipinski definition) is 5. The van der Waals surface area contributed by atoms with Crippen LogP contribution in [0.1, 0.15) is 35.4 Å². The number of thioether (sulfide) groups is 1. The summed E-state index contributed by atoms with van der Waals surface area (Å²) in [6.07, 6.45) is -2.76. The van der Waals surface area contributed by atoms with Gasteiger partial charge in [0.05, 0.1) is 11.7 Å². The number of aliphatic hydroxyl groups excluding tert-OH is 2. The Morgan fingerprint density at radius 1 is 1.35 bits per heavy atom. The molecule has 0 amide bonds. The lowest BCUT2D eigenvalue weighted by molar-refractivity contribution is -0.109. The molecule has 1 aromatic carbocycles. The third-order valence-electron chi connectivity index (χ3n) is 2.65. The van der Waals surface area contributed by atoms with Gasteiger partial charge >= 0.3 is 0 Å². The van der Waals surface area contributed by atoms with Gasteiger partial charge in [0.2, 0.25) is 0 Å². The molecule has 20 heavy (non-hydrogen) atoms. The molecule has 0 saturated heterocycles. The Hall–Kier alpha value is -1.31. The summed E-state index contributed by atoms with van der Waals surface area (Å²) in [5.74, 6) is -1.69. The van der Waals surface area contributed by atoms with Gasteiger partial charge in [0.1, 0.15) is 17.7 Å². The summed E-state index contributed by atoms with van der Waals surface area (Å²) < 4.78 is 27.0. The second-order valence-corrected chi connectivity index (χ2v) is 5.43. The molecule has 110 valence electrons. The summed E-state index contributed by atoms with van der Waals surface area (Å²) in [6.45, 7) is 1.36. The van der Waals surface area contributed by atoms with Crippen LogP contribution in [0.25, 0.3) is 0 Å². The van der Waals surface area contributed by atoms with Crippen LogP contribution in [0.3, 0.4) is 0 Å². The van der Waals surface area contributed by atoms with Crippen LogP contribution in [-0.4, -0.2) is 33.5 Å². The van der Waals surface area contributed by atoms with Crippen molar-refractivity contribution in [2.45, 2.75) is 25.6 Å². The molecular formula is C13H14F2O4S. The van der Waals surface area contributed by atoms with Gasteiger partial charge < -0.3 is 10.2 Å². The fraction of sp³-hybridized carbons (Fsp3) is 0.385. The molecule has 0 aliphatic carbocycles. The fourth-order valence-electron chi connectivity index (χ4n) is 1.58. The molecule has 0 heterocycles.